The fraction of sp³-hybridized carbons (Fsp3) is 0.500. The van der Waals surface area contributed by atoms with E-state index in [-0.39, 0.29) is 17.7 Å². The smallest absolute Gasteiger partial charge is 0.302 e. The van der Waals surface area contributed by atoms with Crippen LogP contribution in [0.5, 0.6) is 0 Å². The lowest BCUT2D eigenvalue weighted by molar-refractivity contribution is -0.133. The van der Waals surface area contributed by atoms with Gasteiger partial charge in [0.05, 0.1) is 5.69 Å². The van der Waals surface area contributed by atoms with Crippen LogP contribution < -0.4 is 10.9 Å². The van der Waals surface area contributed by atoms with E-state index in [1.54, 1.807) is 19.1 Å². The van der Waals surface area contributed by atoms with Crippen molar-refractivity contribution in [1.82, 2.24) is 20.7 Å². The number of fused-ring (bicyclic) bond motifs is 1. The number of amidine groups is 1. The van der Waals surface area contributed by atoms with Crippen LogP contribution in [0, 0.1) is 11.2 Å². The molecule has 8 heteroatoms. The number of rotatable bonds is 3. The number of hydrogen-bond acceptors (Lipinski definition) is 4. The van der Waals surface area contributed by atoms with Gasteiger partial charge in [-0.05, 0) is 56.2 Å². The molecule has 2 unspecified atom stereocenters. The van der Waals surface area contributed by atoms with Crippen molar-refractivity contribution < 1.29 is 13.9 Å². The molecule has 0 bridgehead atoms. The predicted octanol–water partition coefficient (Wildman–Crippen LogP) is 2.58. The minimum Gasteiger partial charge on any atom is -0.438 e. The second kappa shape index (κ2) is 6.48. The molecule has 1 saturated carbocycles. The predicted molar refractivity (Wildman–Crippen MR) is 103 cm³/mol. The SMILES string of the molecule is CC(N=C1NNC(c2cc3c(F)cccc3[nH]2)O1)C(=O)N1CCC2(CC1)CC2. The van der Waals surface area contributed by atoms with Crippen molar-refractivity contribution in [3.63, 3.8) is 0 Å². The summed E-state index contributed by atoms with van der Waals surface area (Å²) >= 11 is 0. The number of hydrogen-bond donors (Lipinski definition) is 3. The molecule has 7 nitrogen and oxygen atoms in total. The van der Waals surface area contributed by atoms with Crippen molar-refractivity contribution >= 4 is 22.8 Å². The first kappa shape index (κ1) is 17.5. The molecule has 1 amide bonds. The number of likely N-dealkylation sites (tertiary alicyclic amines) is 1. The zero-order valence-corrected chi connectivity index (χ0v) is 15.8. The third-order valence-corrected chi connectivity index (χ3v) is 6.22. The van der Waals surface area contributed by atoms with E-state index in [1.165, 1.54) is 18.9 Å². The monoisotopic (exact) mass is 385 g/mol. The van der Waals surface area contributed by atoms with E-state index in [2.05, 4.69) is 20.8 Å². The molecule has 0 radical (unpaired) electrons. The fourth-order valence-electron chi connectivity index (χ4n) is 4.16. The number of piperidine rings is 1. The van der Waals surface area contributed by atoms with Gasteiger partial charge in [-0.15, -0.1) is 0 Å². The number of amides is 1. The third-order valence-electron chi connectivity index (χ3n) is 6.22. The zero-order valence-electron chi connectivity index (χ0n) is 15.8. The van der Waals surface area contributed by atoms with Crippen LogP contribution in [0.4, 0.5) is 4.39 Å². The number of benzene rings is 1. The molecule has 3 aliphatic rings. The molecular formula is C20H24FN5O2. The van der Waals surface area contributed by atoms with E-state index in [9.17, 15) is 9.18 Å². The molecule has 28 heavy (non-hydrogen) atoms. The second-order valence-electron chi connectivity index (χ2n) is 8.13. The molecule has 3 N–H and O–H groups in total. The Hall–Kier alpha value is -2.61. The number of ether oxygens (including phenoxy) is 1. The van der Waals surface area contributed by atoms with Crippen LogP contribution in [-0.2, 0) is 9.53 Å². The normalized spacial score (nSPS) is 25.7. The standard InChI is InChI=1S/C20H24FN5O2/c1-12(18(27)26-9-7-20(5-6-20)8-10-26)22-19-25-24-17(28-19)16-11-13-14(21)3-2-4-15(13)23-16/h2-4,11-12,17,23-24H,5-10H2,1H3,(H,22,25). The van der Waals surface area contributed by atoms with Gasteiger partial charge < -0.3 is 14.6 Å². The maximum Gasteiger partial charge on any atom is 0.302 e. The maximum atomic E-state index is 13.9. The van der Waals surface area contributed by atoms with Crippen LogP contribution in [0.25, 0.3) is 10.9 Å². The number of H-pyrrole nitrogens is 1. The van der Waals surface area contributed by atoms with Gasteiger partial charge in [-0.25, -0.2) is 9.38 Å². The number of nitrogens with zero attached hydrogens (tertiary/aromatic N) is 2. The molecule has 1 aromatic heterocycles. The Bertz CT molecular complexity index is 941. The summed E-state index contributed by atoms with van der Waals surface area (Å²) in [4.78, 5) is 22.1. The molecule has 3 fully saturated rings. The van der Waals surface area contributed by atoms with Gasteiger partial charge in [0.2, 0.25) is 12.1 Å². The largest absolute Gasteiger partial charge is 0.438 e. The number of carbonyl (C=O) groups is 1. The van der Waals surface area contributed by atoms with Crippen LogP contribution in [-0.4, -0.2) is 40.9 Å². The van der Waals surface area contributed by atoms with Crippen LogP contribution in [0.2, 0.25) is 0 Å². The summed E-state index contributed by atoms with van der Waals surface area (Å²) in [6, 6.07) is 6.35. The number of halogens is 1. The molecular weight excluding hydrogens is 361 g/mol. The Labute approximate surface area is 162 Å². The Morgan fingerprint density at radius 2 is 2.11 bits per heavy atom. The molecule has 2 aliphatic heterocycles. The third kappa shape index (κ3) is 3.11. The Kier molecular flexibility index (Phi) is 4.04. The summed E-state index contributed by atoms with van der Waals surface area (Å²) in [5.41, 5.74) is 7.76. The van der Waals surface area contributed by atoms with Crippen LogP contribution >= 0.6 is 0 Å². The highest BCUT2D eigenvalue weighted by Gasteiger charge is 2.45. The van der Waals surface area contributed by atoms with Gasteiger partial charge in [0, 0.05) is 24.0 Å². The number of aromatic amines is 1. The molecule has 2 saturated heterocycles. The highest BCUT2D eigenvalue weighted by Crippen LogP contribution is 2.53. The van der Waals surface area contributed by atoms with Crippen molar-refractivity contribution in [3.8, 4) is 0 Å². The Morgan fingerprint density at radius 1 is 1.32 bits per heavy atom. The average molecular weight is 385 g/mol. The summed E-state index contributed by atoms with van der Waals surface area (Å²) < 4.78 is 19.7. The van der Waals surface area contributed by atoms with Crippen molar-refractivity contribution in [1.29, 1.82) is 0 Å². The summed E-state index contributed by atoms with van der Waals surface area (Å²) in [6.45, 7) is 3.43. The number of nitrogens with one attached hydrogen (secondary N) is 3. The molecule has 2 atom stereocenters. The maximum absolute atomic E-state index is 13.9. The van der Waals surface area contributed by atoms with Gasteiger partial charge in [0.15, 0.2) is 0 Å². The summed E-state index contributed by atoms with van der Waals surface area (Å²) in [5, 5.41) is 0.510. The van der Waals surface area contributed by atoms with E-state index < -0.39 is 12.3 Å². The Balaban J connectivity index is 1.23. The van der Waals surface area contributed by atoms with Gasteiger partial charge >= 0.3 is 6.02 Å². The quantitative estimate of drug-likeness (QED) is 0.759. The summed E-state index contributed by atoms with van der Waals surface area (Å²) in [7, 11) is 0. The first-order valence-electron chi connectivity index (χ1n) is 9.85. The minimum absolute atomic E-state index is 0.0320. The van der Waals surface area contributed by atoms with E-state index >= 15 is 0 Å². The Morgan fingerprint density at radius 3 is 2.82 bits per heavy atom. The summed E-state index contributed by atoms with van der Waals surface area (Å²) in [5.74, 6) is -0.252. The zero-order chi connectivity index (χ0) is 19.3. The molecule has 1 spiro atoms. The van der Waals surface area contributed by atoms with Crippen molar-refractivity contribution in [2.75, 3.05) is 13.1 Å². The van der Waals surface area contributed by atoms with Gasteiger partial charge in [0.1, 0.15) is 11.9 Å². The first-order chi connectivity index (χ1) is 13.5. The van der Waals surface area contributed by atoms with Crippen molar-refractivity contribution in [3.05, 3.63) is 35.8 Å². The lowest BCUT2D eigenvalue weighted by Crippen LogP contribution is -2.43. The highest BCUT2D eigenvalue weighted by molar-refractivity contribution is 5.86. The highest BCUT2D eigenvalue weighted by atomic mass is 19.1. The molecule has 5 rings (SSSR count). The average Bonchev–Trinajstić information content (AvgIpc) is 3.09. The minimum atomic E-state index is -0.530. The number of aliphatic imine (C=N–C) groups is 1. The van der Waals surface area contributed by atoms with E-state index in [1.807, 2.05) is 11.0 Å². The first-order valence-corrected chi connectivity index (χ1v) is 9.85. The van der Waals surface area contributed by atoms with Gasteiger partial charge in [-0.3, -0.25) is 10.2 Å². The molecule has 1 aliphatic carbocycles. The van der Waals surface area contributed by atoms with Gasteiger partial charge in [-0.2, -0.15) is 5.43 Å². The van der Waals surface area contributed by atoms with Crippen LogP contribution in [0.15, 0.2) is 29.3 Å². The molecule has 2 aromatic rings. The van der Waals surface area contributed by atoms with E-state index in [0.717, 1.165) is 25.9 Å². The molecule has 148 valence electrons. The second-order valence-corrected chi connectivity index (χ2v) is 8.13. The van der Waals surface area contributed by atoms with E-state index in [4.69, 9.17) is 4.74 Å². The van der Waals surface area contributed by atoms with Crippen molar-refractivity contribution in [2.45, 2.75) is 44.9 Å². The topological polar surface area (TPSA) is 81.7 Å². The fourth-order valence-corrected chi connectivity index (χ4v) is 4.16. The number of aromatic nitrogens is 1. The van der Waals surface area contributed by atoms with Crippen molar-refractivity contribution in [2.24, 2.45) is 10.4 Å². The number of hydrazine groups is 1. The van der Waals surface area contributed by atoms with Gasteiger partial charge in [0.25, 0.3) is 0 Å². The van der Waals surface area contributed by atoms with Crippen LogP contribution in [0.1, 0.15) is 44.5 Å². The lowest BCUT2D eigenvalue weighted by atomic mass is 9.93. The molecule has 1 aromatic carbocycles. The van der Waals surface area contributed by atoms with Crippen LogP contribution in [0.3, 0.4) is 0 Å². The van der Waals surface area contributed by atoms with Gasteiger partial charge in [-0.1, -0.05) is 6.07 Å². The number of carbonyl (C=O) groups excluding carboxylic acids is 1. The van der Waals surface area contributed by atoms with E-state index in [0.29, 0.717) is 22.0 Å². The summed E-state index contributed by atoms with van der Waals surface area (Å²) in [6.07, 6.45) is 4.32. The molecule has 3 heterocycles. The lowest BCUT2D eigenvalue weighted by Gasteiger charge is -2.33.